The van der Waals surface area contributed by atoms with Crippen molar-refractivity contribution in [1.29, 1.82) is 0 Å². The van der Waals surface area contributed by atoms with Crippen molar-refractivity contribution >= 4 is 0 Å². The Kier molecular flexibility index (Phi) is 2.86. The topological polar surface area (TPSA) is 30.5 Å². The molecule has 3 nitrogen and oxygen atoms in total. The van der Waals surface area contributed by atoms with E-state index in [0.717, 1.165) is 31.8 Å². The number of hydrogen-bond donors (Lipinski definition) is 1. The number of ether oxygens (including phenoxy) is 2. The van der Waals surface area contributed by atoms with E-state index in [1.807, 2.05) is 7.05 Å². The average Bonchev–Trinajstić information content (AvgIpc) is 2.76. The monoisotopic (exact) mass is 183 g/mol. The van der Waals surface area contributed by atoms with E-state index in [0.29, 0.717) is 6.10 Å². The Bertz CT molecular complexity index is 197. The molecular formula is C10H17NO2. The van der Waals surface area contributed by atoms with Crippen LogP contribution in [0.1, 0.15) is 19.3 Å². The maximum absolute atomic E-state index is 5.64. The van der Waals surface area contributed by atoms with Crippen molar-refractivity contribution in [1.82, 2.24) is 5.32 Å². The zero-order chi connectivity index (χ0) is 9.10. The third-order valence-electron chi connectivity index (χ3n) is 2.69. The fraction of sp³-hybridized carbons (Fsp3) is 0.800. The van der Waals surface area contributed by atoms with Crippen LogP contribution in [-0.4, -0.2) is 32.4 Å². The van der Waals surface area contributed by atoms with Crippen LogP contribution in [0.4, 0.5) is 0 Å². The molecule has 2 heterocycles. The molecule has 2 rings (SSSR count). The van der Waals surface area contributed by atoms with Gasteiger partial charge in [-0.3, -0.25) is 0 Å². The minimum absolute atomic E-state index is 0.269. The molecule has 1 saturated heterocycles. The van der Waals surface area contributed by atoms with Gasteiger partial charge in [-0.2, -0.15) is 0 Å². The summed E-state index contributed by atoms with van der Waals surface area (Å²) in [6.07, 6.45) is 5.85. The third kappa shape index (κ3) is 1.86. The van der Waals surface area contributed by atoms with Gasteiger partial charge in [0.25, 0.3) is 0 Å². The zero-order valence-electron chi connectivity index (χ0n) is 8.08. The van der Waals surface area contributed by atoms with Gasteiger partial charge in [0, 0.05) is 13.0 Å². The number of nitrogens with one attached hydrogen (secondary N) is 1. The van der Waals surface area contributed by atoms with Crippen LogP contribution in [0.25, 0.3) is 0 Å². The minimum atomic E-state index is 0.269. The van der Waals surface area contributed by atoms with Crippen LogP contribution in [0, 0.1) is 0 Å². The van der Waals surface area contributed by atoms with Crippen LogP contribution in [0.3, 0.4) is 0 Å². The Morgan fingerprint density at radius 1 is 1.54 bits per heavy atom. The first-order valence-electron chi connectivity index (χ1n) is 5.03. The molecule has 0 saturated carbocycles. The van der Waals surface area contributed by atoms with Gasteiger partial charge in [0.15, 0.2) is 0 Å². The molecule has 0 spiro atoms. The molecule has 1 fully saturated rings. The standard InChI is InChI=1S/C10H17NO2/c1-11-10(8-4-2-6-12-8)9-5-3-7-13-9/h4,9-11H,2-3,5-7H2,1H3. The van der Waals surface area contributed by atoms with E-state index < -0.39 is 0 Å². The summed E-state index contributed by atoms with van der Waals surface area (Å²) in [5, 5.41) is 3.27. The van der Waals surface area contributed by atoms with Crippen molar-refractivity contribution in [3.63, 3.8) is 0 Å². The lowest BCUT2D eigenvalue weighted by atomic mass is 10.1. The highest BCUT2D eigenvalue weighted by Crippen LogP contribution is 2.23. The Labute approximate surface area is 79.1 Å². The van der Waals surface area contributed by atoms with Gasteiger partial charge in [0.1, 0.15) is 5.76 Å². The summed E-state index contributed by atoms with van der Waals surface area (Å²) in [7, 11) is 1.97. The molecular weight excluding hydrogens is 166 g/mol. The first-order valence-corrected chi connectivity index (χ1v) is 5.03. The van der Waals surface area contributed by atoms with E-state index in [2.05, 4.69) is 11.4 Å². The van der Waals surface area contributed by atoms with Gasteiger partial charge in [-0.15, -0.1) is 0 Å². The van der Waals surface area contributed by atoms with Gasteiger partial charge in [0.2, 0.25) is 0 Å². The number of rotatable bonds is 3. The van der Waals surface area contributed by atoms with Crippen molar-refractivity contribution in [3.05, 3.63) is 11.8 Å². The maximum atomic E-state index is 5.64. The Hall–Kier alpha value is -0.540. The molecule has 0 amide bonds. The fourth-order valence-electron chi connectivity index (χ4n) is 2.03. The maximum Gasteiger partial charge on any atom is 0.112 e. The van der Waals surface area contributed by atoms with Gasteiger partial charge in [-0.1, -0.05) is 0 Å². The molecule has 2 aliphatic heterocycles. The Morgan fingerprint density at radius 3 is 3.00 bits per heavy atom. The fourth-order valence-corrected chi connectivity index (χ4v) is 2.03. The van der Waals surface area contributed by atoms with Gasteiger partial charge in [-0.05, 0) is 26.0 Å². The van der Waals surface area contributed by atoms with Crippen LogP contribution in [-0.2, 0) is 9.47 Å². The summed E-state index contributed by atoms with van der Waals surface area (Å²) in [5.74, 6) is 1.08. The van der Waals surface area contributed by atoms with Gasteiger partial charge in [-0.25, -0.2) is 0 Å². The predicted octanol–water partition coefficient (Wildman–Crippen LogP) is 1.06. The lowest BCUT2D eigenvalue weighted by Crippen LogP contribution is -2.39. The quantitative estimate of drug-likeness (QED) is 0.709. The lowest BCUT2D eigenvalue weighted by molar-refractivity contribution is 0.0702. The Morgan fingerprint density at radius 2 is 2.46 bits per heavy atom. The van der Waals surface area contributed by atoms with Crippen molar-refractivity contribution < 1.29 is 9.47 Å². The minimum Gasteiger partial charge on any atom is -0.496 e. The zero-order valence-corrected chi connectivity index (χ0v) is 8.08. The average molecular weight is 183 g/mol. The van der Waals surface area contributed by atoms with Crippen LogP contribution in [0.15, 0.2) is 11.8 Å². The van der Waals surface area contributed by atoms with E-state index in [4.69, 9.17) is 9.47 Å². The van der Waals surface area contributed by atoms with Crippen LogP contribution < -0.4 is 5.32 Å². The second-order valence-electron chi connectivity index (χ2n) is 3.56. The summed E-state index contributed by atoms with van der Waals surface area (Å²) < 4.78 is 11.2. The molecule has 0 radical (unpaired) electrons. The van der Waals surface area contributed by atoms with E-state index in [9.17, 15) is 0 Å². The molecule has 74 valence electrons. The van der Waals surface area contributed by atoms with Crippen molar-refractivity contribution in [2.45, 2.75) is 31.4 Å². The molecule has 3 heteroatoms. The van der Waals surface area contributed by atoms with E-state index >= 15 is 0 Å². The number of hydrogen-bond acceptors (Lipinski definition) is 3. The normalized spacial score (nSPS) is 29.9. The van der Waals surface area contributed by atoms with Crippen molar-refractivity contribution in [3.8, 4) is 0 Å². The highest BCUT2D eigenvalue weighted by molar-refractivity contribution is 5.10. The SMILES string of the molecule is CNC(C1=CCCO1)C1CCCO1. The first-order chi connectivity index (χ1) is 6.42. The first kappa shape index (κ1) is 9.03. The summed E-state index contributed by atoms with van der Waals surface area (Å²) in [6.45, 7) is 1.73. The lowest BCUT2D eigenvalue weighted by Gasteiger charge is -2.23. The molecule has 13 heavy (non-hydrogen) atoms. The smallest absolute Gasteiger partial charge is 0.112 e. The van der Waals surface area contributed by atoms with Crippen LogP contribution in [0.5, 0.6) is 0 Å². The molecule has 0 aromatic rings. The molecule has 0 aromatic heterocycles. The van der Waals surface area contributed by atoms with Crippen LogP contribution >= 0.6 is 0 Å². The molecule has 2 aliphatic rings. The van der Waals surface area contributed by atoms with Crippen molar-refractivity contribution in [2.75, 3.05) is 20.3 Å². The molecule has 2 unspecified atom stereocenters. The summed E-state index contributed by atoms with van der Waals surface area (Å²) >= 11 is 0. The summed E-state index contributed by atoms with van der Waals surface area (Å²) in [5.41, 5.74) is 0. The van der Waals surface area contributed by atoms with Crippen molar-refractivity contribution in [2.24, 2.45) is 0 Å². The molecule has 0 aliphatic carbocycles. The van der Waals surface area contributed by atoms with Gasteiger partial charge >= 0.3 is 0 Å². The highest BCUT2D eigenvalue weighted by atomic mass is 16.5. The molecule has 1 N–H and O–H groups in total. The third-order valence-corrected chi connectivity index (χ3v) is 2.69. The second-order valence-corrected chi connectivity index (χ2v) is 3.56. The van der Waals surface area contributed by atoms with Crippen LogP contribution in [0.2, 0.25) is 0 Å². The largest absolute Gasteiger partial charge is 0.496 e. The van der Waals surface area contributed by atoms with E-state index in [-0.39, 0.29) is 6.04 Å². The Balaban J connectivity index is 1.98. The molecule has 0 bridgehead atoms. The predicted molar refractivity (Wildman–Crippen MR) is 50.5 cm³/mol. The molecule has 2 atom stereocenters. The summed E-state index contributed by atoms with van der Waals surface area (Å²) in [4.78, 5) is 0. The second kappa shape index (κ2) is 4.11. The van der Waals surface area contributed by atoms with Gasteiger partial charge < -0.3 is 14.8 Å². The number of likely N-dealkylation sites (N-methyl/N-ethyl adjacent to an activating group) is 1. The summed E-state index contributed by atoms with van der Waals surface area (Å²) in [6, 6.07) is 0.269. The highest BCUT2D eigenvalue weighted by Gasteiger charge is 2.29. The van der Waals surface area contributed by atoms with E-state index in [1.165, 1.54) is 6.42 Å². The van der Waals surface area contributed by atoms with Gasteiger partial charge in [0.05, 0.1) is 18.8 Å². The van der Waals surface area contributed by atoms with E-state index in [1.54, 1.807) is 0 Å². The molecule has 0 aromatic carbocycles.